The van der Waals surface area contributed by atoms with Crippen molar-refractivity contribution in [2.75, 3.05) is 13.1 Å². The number of aromatic amines is 1. The van der Waals surface area contributed by atoms with Crippen molar-refractivity contribution in [1.82, 2.24) is 9.88 Å². The maximum absolute atomic E-state index is 12.3. The van der Waals surface area contributed by atoms with Crippen molar-refractivity contribution < 1.29 is 4.79 Å². The number of nitrogens with one attached hydrogen (secondary N) is 1. The van der Waals surface area contributed by atoms with Gasteiger partial charge in [0.05, 0.1) is 0 Å². The Morgan fingerprint density at radius 2 is 1.94 bits per heavy atom. The molecule has 0 fully saturated rings. The second kappa shape index (κ2) is 5.36. The van der Waals surface area contributed by atoms with E-state index >= 15 is 0 Å². The van der Waals surface area contributed by atoms with Gasteiger partial charge in [-0.3, -0.25) is 4.79 Å². The van der Waals surface area contributed by atoms with Crippen molar-refractivity contribution in [2.45, 2.75) is 0 Å². The number of carbonyl (C=O) groups excluding carboxylic acids is 1. The zero-order valence-corrected chi connectivity index (χ0v) is 10.2. The van der Waals surface area contributed by atoms with E-state index < -0.39 is 0 Å². The van der Waals surface area contributed by atoms with E-state index in [1.165, 1.54) is 0 Å². The molecule has 0 radical (unpaired) electrons. The lowest BCUT2D eigenvalue weighted by molar-refractivity contribution is 0.0791. The Bertz CT molecular complexity index is 573. The van der Waals surface area contributed by atoms with Crippen LogP contribution in [0.15, 0.2) is 55.8 Å². The molecule has 1 N–H and O–H groups in total. The fraction of sp³-hybridized carbons (Fsp3) is 0.133. The van der Waals surface area contributed by atoms with Crippen LogP contribution in [0, 0.1) is 0 Å². The molecule has 0 atom stereocenters. The molecule has 0 saturated heterocycles. The lowest BCUT2D eigenvalue weighted by Crippen LogP contribution is -2.31. The van der Waals surface area contributed by atoms with Crippen molar-refractivity contribution in [1.29, 1.82) is 0 Å². The van der Waals surface area contributed by atoms with E-state index in [9.17, 15) is 4.79 Å². The summed E-state index contributed by atoms with van der Waals surface area (Å²) in [6.45, 7) is 8.38. The molecule has 0 saturated carbocycles. The minimum absolute atomic E-state index is 0.00194. The van der Waals surface area contributed by atoms with E-state index in [0.717, 1.165) is 10.9 Å². The Morgan fingerprint density at radius 3 is 2.61 bits per heavy atom. The number of rotatable bonds is 5. The second-order valence-corrected chi connectivity index (χ2v) is 4.07. The first kappa shape index (κ1) is 12.2. The molecule has 3 nitrogen and oxygen atoms in total. The maximum atomic E-state index is 12.3. The summed E-state index contributed by atoms with van der Waals surface area (Å²) < 4.78 is 0. The van der Waals surface area contributed by atoms with Crippen LogP contribution in [0.2, 0.25) is 0 Å². The molecule has 1 aromatic heterocycles. The number of amides is 1. The van der Waals surface area contributed by atoms with Crippen LogP contribution in [0.4, 0.5) is 0 Å². The average Bonchev–Trinajstić information content (AvgIpc) is 2.84. The first-order valence-corrected chi connectivity index (χ1v) is 5.84. The Morgan fingerprint density at radius 1 is 1.22 bits per heavy atom. The summed E-state index contributed by atoms with van der Waals surface area (Å²) in [6.07, 6.45) is 5.30. The predicted octanol–water partition coefficient (Wildman–Crippen LogP) is 2.98. The number of fused-ring (bicyclic) bond motifs is 1. The van der Waals surface area contributed by atoms with Gasteiger partial charge in [-0.1, -0.05) is 12.2 Å². The fourth-order valence-corrected chi connectivity index (χ4v) is 1.92. The normalized spacial score (nSPS) is 10.2. The van der Waals surface area contributed by atoms with Gasteiger partial charge in [-0.25, -0.2) is 0 Å². The van der Waals surface area contributed by atoms with Crippen LogP contribution >= 0.6 is 0 Å². The van der Waals surface area contributed by atoms with E-state index in [1.54, 1.807) is 17.1 Å². The highest BCUT2D eigenvalue weighted by molar-refractivity contribution is 5.98. The van der Waals surface area contributed by atoms with Gasteiger partial charge in [-0.15, -0.1) is 13.2 Å². The zero-order valence-electron chi connectivity index (χ0n) is 10.2. The molecular formula is C15H16N2O. The highest BCUT2D eigenvalue weighted by atomic mass is 16.2. The van der Waals surface area contributed by atoms with E-state index in [-0.39, 0.29) is 5.91 Å². The fourth-order valence-electron chi connectivity index (χ4n) is 1.92. The van der Waals surface area contributed by atoms with Crippen LogP contribution in [0.3, 0.4) is 0 Å². The summed E-state index contributed by atoms with van der Waals surface area (Å²) in [6, 6.07) is 7.60. The molecule has 1 amide bonds. The van der Waals surface area contributed by atoms with E-state index in [1.807, 2.05) is 30.5 Å². The first-order chi connectivity index (χ1) is 8.76. The molecule has 0 bridgehead atoms. The summed E-state index contributed by atoms with van der Waals surface area (Å²) >= 11 is 0. The van der Waals surface area contributed by atoms with Crippen LogP contribution in [0.1, 0.15) is 10.4 Å². The van der Waals surface area contributed by atoms with Crippen molar-refractivity contribution in [3.63, 3.8) is 0 Å². The van der Waals surface area contributed by atoms with Crippen molar-refractivity contribution >= 4 is 16.8 Å². The van der Waals surface area contributed by atoms with Gasteiger partial charge < -0.3 is 9.88 Å². The smallest absolute Gasteiger partial charge is 0.254 e. The number of benzene rings is 1. The number of H-pyrrole nitrogens is 1. The van der Waals surface area contributed by atoms with Crippen molar-refractivity contribution in [2.24, 2.45) is 0 Å². The maximum Gasteiger partial charge on any atom is 0.254 e. The van der Waals surface area contributed by atoms with E-state index in [0.29, 0.717) is 18.7 Å². The second-order valence-electron chi connectivity index (χ2n) is 4.07. The molecule has 0 spiro atoms. The van der Waals surface area contributed by atoms with Crippen LogP contribution in [0.25, 0.3) is 10.9 Å². The number of aromatic nitrogens is 1. The Hall–Kier alpha value is -2.29. The van der Waals surface area contributed by atoms with Crippen LogP contribution in [-0.2, 0) is 0 Å². The molecule has 2 aromatic rings. The zero-order chi connectivity index (χ0) is 13.0. The average molecular weight is 240 g/mol. The van der Waals surface area contributed by atoms with Gasteiger partial charge >= 0.3 is 0 Å². The Balaban J connectivity index is 2.29. The molecule has 3 heteroatoms. The standard InChI is InChI=1S/C15H16N2O/c1-3-9-17(10-4-2)15(18)13-5-6-14-12(11-13)7-8-16-14/h3-8,11,16H,1-2,9-10H2. The minimum atomic E-state index is -0.00194. The molecule has 18 heavy (non-hydrogen) atoms. The van der Waals surface area contributed by atoms with Gasteiger partial charge in [0.15, 0.2) is 0 Å². The van der Waals surface area contributed by atoms with Gasteiger partial charge in [-0.05, 0) is 24.3 Å². The van der Waals surface area contributed by atoms with Crippen LogP contribution in [0.5, 0.6) is 0 Å². The van der Waals surface area contributed by atoms with Gasteiger partial charge in [-0.2, -0.15) is 0 Å². The monoisotopic (exact) mass is 240 g/mol. The van der Waals surface area contributed by atoms with Gasteiger partial charge in [0.25, 0.3) is 5.91 Å². The summed E-state index contributed by atoms with van der Waals surface area (Å²) in [5.41, 5.74) is 1.72. The number of hydrogen-bond acceptors (Lipinski definition) is 1. The topological polar surface area (TPSA) is 36.1 Å². The molecule has 0 unspecified atom stereocenters. The summed E-state index contributed by atoms with van der Waals surface area (Å²) in [5, 5.41) is 1.04. The van der Waals surface area contributed by atoms with Crippen LogP contribution < -0.4 is 0 Å². The molecular weight excluding hydrogens is 224 g/mol. The van der Waals surface area contributed by atoms with E-state index in [2.05, 4.69) is 18.1 Å². The summed E-state index contributed by atoms with van der Waals surface area (Å²) in [7, 11) is 0. The molecule has 1 aromatic carbocycles. The Kier molecular flexibility index (Phi) is 3.63. The first-order valence-electron chi connectivity index (χ1n) is 5.84. The van der Waals surface area contributed by atoms with Gasteiger partial charge in [0, 0.05) is 35.8 Å². The summed E-state index contributed by atoms with van der Waals surface area (Å²) in [5.74, 6) is -0.00194. The number of carbonyl (C=O) groups is 1. The van der Waals surface area contributed by atoms with Crippen molar-refractivity contribution in [3.05, 3.63) is 61.3 Å². The summed E-state index contributed by atoms with van der Waals surface area (Å²) in [4.78, 5) is 17.1. The SMILES string of the molecule is C=CCN(CC=C)C(=O)c1ccc2[nH]ccc2c1. The third kappa shape index (κ3) is 2.35. The predicted molar refractivity (Wildman–Crippen MR) is 74.6 cm³/mol. The largest absolute Gasteiger partial charge is 0.361 e. The third-order valence-electron chi connectivity index (χ3n) is 2.79. The van der Waals surface area contributed by atoms with Gasteiger partial charge in [0.2, 0.25) is 0 Å². The van der Waals surface area contributed by atoms with Crippen molar-refractivity contribution in [3.8, 4) is 0 Å². The number of nitrogens with zero attached hydrogens (tertiary/aromatic N) is 1. The Labute approximate surface area is 106 Å². The lowest BCUT2D eigenvalue weighted by atomic mass is 10.1. The molecule has 2 rings (SSSR count). The molecule has 92 valence electrons. The van der Waals surface area contributed by atoms with Crippen LogP contribution in [-0.4, -0.2) is 28.9 Å². The molecule has 1 heterocycles. The highest BCUT2D eigenvalue weighted by Gasteiger charge is 2.13. The van der Waals surface area contributed by atoms with E-state index in [4.69, 9.17) is 0 Å². The third-order valence-corrected chi connectivity index (χ3v) is 2.79. The van der Waals surface area contributed by atoms with Gasteiger partial charge in [0.1, 0.15) is 0 Å². The molecule has 0 aliphatic carbocycles. The number of hydrogen-bond donors (Lipinski definition) is 1. The molecule has 0 aliphatic heterocycles. The minimum Gasteiger partial charge on any atom is -0.361 e. The quantitative estimate of drug-likeness (QED) is 0.801. The lowest BCUT2D eigenvalue weighted by Gasteiger charge is -2.19. The highest BCUT2D eigenvalue weighted by Crippen LogP contribution is 2.15. The molecule has 0 aliphatic rings.